The molecule has 1 N–H and O–H groups in total. The van der Waals surface area contributed by atoms with Crippen LogP contribution in [0.5, 0.6) is 0 Å². The van der Waals surface area contributed by atoms with E-state index >= 15 is 0 Å². The van der Waals surface area contributed by atoms with Crippen molar-refractivity contribution in [2.45, 2.75) is 25.8 Å². The van der Waals surface area contributed by atoms with E-state index in [0.29, 0.717) is 0 Å². The van der Waals surface area contributed by atoms with Crippen molar-refractivity contribution in [1.82, 2.24) is 9.80 Å². The number of rotatable bonds is 4. The molecule has 16 heavy (non-hydrogen) atoms. The van der Waals surface area contributed by atoms with Crippen LogP contribution in [-0.2, 0) is 4.79 Å². The van der Waals surface area contributed by atoms with Gasteiger partial charge in [-0.05, 0) is 13.5 Å². The summed E-state index contributed by atoms with van der Waals surface area (Å²) >= 11 is 0. The monoisotopic (exact) mass is 360 g/mol. The first-order valence-corrected chi connectivity index (χ1v) is 5.30. The summed E-state index contributed by atoms with van der Waals surface area (Å²) in [6, 6.07) is -0.270. The van der Waals surface area contributed by atoms with Crippen LogP contribution in [0.4, 0.5) is 0 Å². The van der Waals surface area contributed by atoms with Gasteiger partial charge in [-0.15, -0.1) is 34.0 Å². The second-order valence-corrected chi connectivity index (χ2v) is 3.98. The maximum atomic E-state index is 11.0. The van der Waals surface area contributed by atoms with Crippen LogP contribution in [0.15, 0.2) is 0 Å². The van der Waals surface area contributed by atoms with Gasteiger partial charge in [0, 0.05) is 26.2 Å². The van der Waals surface area contributed by atoms with Gasteiger partial charge < -0.3 is 10.0 Å². The molecule has 0 aromatic carbocycles. The summed E-state index contributed by atoms with van der Waals surface area (Å²) in [4.78, 5) is 15.3. The summed E-state index contributed by atoms with van der Waals surface area (Å²) in [6.45, 7) is 5.76. The lowest BCUT2D eigenvalue weighted by molar-refractivity contribution is -0.144. The first kappa shape index (κ1) is 18.7. The smallest absolute Gasteiger partial charge is 0.320 e. The Balaban J connectivity index is 0. The van der Waals surface area contributed by atoms with Crippen molar-refractivity contribution >= 4 is 39.9 Å². The number of carbonyl (C=O) groups is 1. The normalized spacial score (nSPS) is 19.4. The van der Waals surface area contributed by atoms with Gasteiger partial charge in [-0.3, -0.25) is 9.69 Å². The third-order valence-electron chi connectivity index (χ3n) is 2.83. The highest BCUT2D eigenvalue weighted by molar-refractivity contribution is 8.93. The van der Waals surface area contributed by atoms with Gasteiger partial charge in [0.1, 0.15) is 6.04 Å². The Kier molecular flexibility index (Phi) is 11.0. The quantitative estimate of drug-likeness (QED) is 0.826. The van der Waals surface area contributed by atoms with E-state index in [-0.39, 0.29) is 40.0 Å². The molecular formula is C10H22Br2N2O2. The average Bonchev–Trinajstić information content (AvgIpc) is 2.15. The van der Waals surface area contributed by atoms with Gasteiger partial charge in [-0.1, -0.05) is 13.3 Å². The summed E-state index contributed by atoms with van der Waals surface area (Å²) in [5.74, 6) is -0.670. The van der Waals surface area contributed by atoms with Gasteiger partial charge in [0.15, 0.2) is 0 Å². The summed E-state index contributed by atoms with van der Waals surface area (Å²) in [5.41, 5.74) is 0. The third kappa shape index (κ3) is 5.61. The van der Waals surface area contributed by atoms with Crippen molar-refractivity contribution in [3.8, 4) is 0 Å². The average molecular weight is 362 g/mol. The van der Waals surface area contributed by atoms with Crippen LogP contribution >= 0.6 is 34.0 Å². The van der Waals surface area contributed by atoms with Gasteiger partial charge >= 0.3 is 5.97 Å². The number of hydrogen-bond donors (Lipinski definition) is 1. The van der Waals surface area contributed by atoms with Crippen molar-refractivity contribution in [3.05, 3.63) is 0 Å². The standard InChI is InChI=1S/C10H20N2O2.2BrH/c1-3-4-9(10(13)14)12-7-5-11(2)6-8-12;;/h9H,3-8H2,1-2H3,(H,13,14);2*1H. The Morgan fingerprint density at radius 1 is 1.25 bits per heavy atom. The largest absolute Gasteiger partial charge is 0.480 e. The van der Waals surface area contributed by atoms with E-state index in [1.807, 2.05) is 6.92 Å². The molecule has 1 aliphatic rings. The summed E-state index contributed by atoms with van der Waals surface area (Å²) < 4.78 is 0. The van der Waals surface area contributed by atoms with E-state index in [9.17, 15) is 4.79 Å². The van der Waals surface area contributed by atoms with E-state index < -0.39 is 5.97 Å². The fourth-order valence-corrected chi connectivity index (χ4v) is 1.87. The van der Waals surface area contributed by atoms with Gasteiger partial charge in [0.05, 0.1) is 0 Å². The van der Waals surface area contributed by atoms with E-state index in [2.05, 4.69) is 16.8 Å². The molecule has 0 spiro atoms. The molecule has 1 rings (SSSR count). The van der Waals surface area contributed by atoms with Crippen molar-refractivity contribution in [2.24, 2.45) is 0 Å². The van der Waals surface area contributed by atoms with E-state index in [0.717, 1.165) is 39.0 Å². The molecule has 1 unspecified atom stereocenters. The first-order chi connectivity index (χ1) is 6.65. The maximum Gasteiger partial charge on any atom is 0.320 e. The molecule has 6 heteroatoms. The minimum atomic E-state index is -0.670. The van der Waals surface area contributed by atoms with Crippen molar-refractivity contribution in [1.29, 1.82) is 0 Å². The van der Waals surface area contributed by atoms with Gasteiger partial charge in [0.2, 0.25) is 0 Å². The lowest BCUT2D eigenvalue weighted by atomic mass is 10.1. The molecule has 0 amide bonds. The Bertz CT molecular complexity index is 197. The van der Waals surface area contributed by atoms with E-state index in [1.54, 1.807) is 0 Å². The molecule has 98 valence electrons. The molecule has 0 aliphatic carbocycles. The highest BCUT2D eigenvalue weighted by Gasteiger charge is 2.26. The molecule has 4 nitrogen and oxygen atoms in total. The van der Waals surface area contributed by atoms with Crippen LogP contribution in [0, 0.1) is 0 Å². The Morgan fingerprint density at radius 2 is 1.75 bits per heavy atom. The minimum absolute atomic E-state index is 0. The zero-order chi connectivity index (χ0) is 10.6. The molecule has 0 saturated carbocycles. The fourth-order valence-electron chi connectivity index (χ4n) is 1.87. The number of hydrogen-bond acceptors (Lipinski definition) is 3. The predicted octanol–water partition coefficient (Wildman–Crippen LogP) is 1.64. The lowest BCUT2D eigenvalue weighted by Gasteiger charge is -2.35. The van der Waals surface area contributed by atoms with Gasteiger partial charge in [-0.25, -0.2) is 0 Å². The zero-order valence-corrected chi connectivity index (χ0v) is 13.3. The van der Waals surface area contributed by atoms with Crippen LogP contribution in [0.25, 0.3) is 0 Å². The SMILES string of the molecule is Br.Br.CCCC(C(=O)O)N1CCN(C)CC1. The second-order valence-electron chi connectivity index (χ2n) is 3.98. The van der Waals surface area contributed by atoms with E-state index in [4.69, 9.17) is 5.11 Å². The molecule has 1 aliphatic heterocycles. The number of nitrogens with zero attached hydrogens (tertiary/aromatic N) is 2. The van der Waals surface area contributed by atoms with Gasteiger partial charge in [-0.2, -0.15) is 0 Å². The Morgan fingerprint density at radius 3 is 2.12 bits per heavy atom. The molecule has 0 bridgehead atoms. The topological polar surface area (TPSA) is 43.8 Å². The van der Waals surface area contributed by atoms with Crippen LogP contribution < -0.4 is 0 Å². The molecule has 0 radical (unpaired) electrons. The first-order valence-electron chi connectivity index (χ1n) is 5.30. The molecule has 1 fully saturated rings. The van der Waals surface area contributed by atoms with Crippen LogP contribution in [0.1, 0.15) is 19.8 Å². The number of carboxylic acids is 1. The number of carboxylic acid groups (broad SMARTS) is 1. The van der Waals surface area contributed by atoms with Crippen LogP contribution in [0.3, 0.4) is 0 Å². The highest BCUT2D eigenvalue weighted by atomic mass is 79.9. The summed E-state index contributed by atoms with van der Waals surface area (Å²) in [7, 11) is 2.08. The number of aliphatic carboxylic acids is 1. The molecule has 1 saturated heterocycles. The van der Waals surface area contributed by atoms with Crippen LogP contribution in [0.2, 0.25) is 0 Å². The maximum absolute atomic E-state index is 11.0. The Hall–Kier alpha value is 0.350. The zero-order valence-electron chi connectivity index (χ0n) is 9.89. The second kappa shape index (κ2) is 9.39. The predicted molar refractivity (Wildman–Crippen MR) is 76.0 cm³/mol. The number of likely N-dealkylation sites (N-methyl/N-ethyl adjacent to an activating group) is 1. The number of piperazine rings is 1. The third-order valence-corrected chi connectivity index (χ3v) is 2.83. The molecule has 0 aromatic rings. The number of halogens is 2. The molecule has 1 heterocycles. The molecule has 1 atom stereocenters. The summed E-state index contributed by atoms with van der Waals surface area (Å²) in [6.07, 6.45) is 1.70. The van der Waals surface area contributed by atoms with E-state index in [1.165, 1.54) is 0 Å². The van der Waals surface area contributed by atoms with Crippen LogP contribution in [-0.4, -0.2) is 60.1 Å². The van der Waals surface area contributed by atoms with Crippen molar-refractivity contribution in [2.75, 3.05) is 33.2 Å². The lowest BCUT2D eigenvalue weighted by Crippen LogP contribution is -2.51. The summed E-state index contributed by atoms with van der Waals surface area (Å²) in [5, 5.41) is 9.07. The highest BCUT2D eigenvalue weighted by Crippen LogP contribution is 2.10. The van der Waals surface area contributed by atoms with Crippen molar-refractivity contribution in [3.63, 3.8) is 0 Å². The minimum Gasteiger partial charge on any atom is -0.480 e. The Labute approximate surface area is 119 Å². The fraction of sp³-hybridized carbons (Fsp3) is 0.900. The molecule has 0 aromatic heterocycles. The van der Waals surface area contributed by atoms with Gasteiger partial charge in [0.25, 0.3) is 0 Å². The molecular weight excluding hydrogens is 340 g/mol. The van der Waals surface area contributed by atoms with Crippen molar-refractivity contribution < 1.29 is 9.90 Å².